The summed E-state index contributed by atoms with van der Waals surface area (Å²) >= 11 is 1.56. The first-order valence-electron chi connectivity index (χ1n) is 11.9. The number of carbonyl (C=O) groups excluding carboxylic acids is 1. The summed E-state index contributed by atoms with van der Waals surface area (Å²) in [5, 5.41) is 4.10. The number of imidazole rings is 1. The van der Waals surface area contributed by atoms with Crippen LogP contribution in [-0.2, 0) is 11.3 Å². The number of aromatic amines is 1. The van der Waals surface area contributed by atoms with Gasteiger partial charge in [0.05, 0.1) is 21.8 Å². The molecule has 38 heavy (non-hydrogen) atoms. The number of thioether (sulfide) groups is 1. The Bertz CT molecular complexity index is 1440. The van der Waals surface area contributed by atoms with Crippen LogP contribution in [0.25, 0.3) is 22.3 Å². The van der Waals surface area contributed by atoms with Crippen molar-refractivity contribution in [1.29, 1.82) is 0 Å². The van der Waals surface area contributed by atoms with Crippen molar-refractivity contribution >= 4 is 40.5 Å². The number of piperazine rings is 1. The lowest BCUT2D eigenvalue weighted by Gasteiger charge is -2.35. The molecule has 0 unspecified atom stereocenters. The number of pyridine rings is 1. The van der Waals surface area contributed by atoms with Crippen molar-refractivity contribution in [2.24, 2.45) is 0 Å². The van der Waals surface area contributed by atoms with Crippen LogP contribution in [0.15, 0.2) is 53.9 Å². The minimum Gasteiger partial charge on any atom is -0.340 e. The number of nitrogens with zero attached hydrogens (tertiary/aromatic N) is 6. The van der Waals surface area contributed by atoms with E-state index in [-0.39, 0.29) is 13.1 Å². The molecule has 9 nitrogen and oxygen atoms in total. The summed E-state index contributed by atoms with van der Waals surface area (Å²) < 4.78 is 37.5. The molecule has 1 saturated heterocycles. The van der Waals surface area contributed by atoms with Gasteiger partial charge < -0.3 is 15.2 Å². The number of nitrogens with one attached hydrogen (secondary N) is 2. The first kappa shape index (κ1) is 25.9. The number of alkyl halides is 3. The van der Waals surface area contributed by atoms with Crippen LogP contribution < -0.4 is 5.32 Å². The number of carbonyl (C=O) groups is 1. The summed E-state index contributed by atoms with van der Waals surface area (Å²) in [6.45, 7) is 2.16. The molecule has 5 rings (SSSR count). The first-order chi connectivity index (χ1) is 18.3. The fourth-order valence-electron chi connectivity index (χ4n) is 4.30. The molecule has 0 spiro atoms. The first-order valence-corrected chi connectivity index (χ1v) is 13.1. The molecule has 0 bridgehead atoms. The minimum absolute atomic E-state index is 0.277. The van der Waals surface area contributed by atoms with Crippen LogP contribution in [0.5, 0.6) is 0 Å². The molecule has 198 valence electrons. The number of fused-ring (bicyclic) bond motifs is 1. The van der Waals surface area contributed by atoms with Crippen molar-refractivity contribution in [3.8, 4) is 11.3 Å². The number of amides is 1. The fourth-order valence-corrected chi connectivity index (χ4v) is 4.68. The SMILES string of the molecule is CSc1cc(-c2ccc3nc(Nc4cc(CN5CCN(C(=O)CC(F)(F)F)CC5)ccn4)[nH]c3c2)ncn1. The van der Waals surface area contributed by atoms with Crippen LogP contribution in [0.1, 0.15) is 12.0 Å². The standard InChI is InChI=1S/C25H25F3N8OS/c1-38-22-12-19(30-15-31-22)17-2-3-18-20(11-17)33-24(32-18)34-21-10-16(4-5-29-21)14-35-6-8-36(9-7-35)23(37)13-25(26,27)28/h2-5,10-12,15H,6-9,13-14H2,1H3,(H2,29,32,33,34). The number of aromatic nitrogens is 5. The highest BCUT2D eigenvalue weighted by atomic mass is 32.2. The highest BCUT2D eigenvalue weighted by Crippen LogP contribution is 2.26. The second-order valence-electron chi connectivity index (χ2n) is 8.89. The van der Waals surface area contributed by atoms with E-state index in [9.17, 15) is 18.0 Å². The van der Waals surface area contributed by atoms with Gasteiger partial charge in [0, 0.05) is 44.5 Å². The van der Waals surface area contributed by atoms with E-state index in [1.807, 2.05) is 42.7 Å². The molecule has 1 aliphatic heterocycles. The highest BCUT2D eigenvalue weighted by molar-refractivity contribution is 7.98. The van der Waals surface area contributed by atoms with E-state index in [4.69, 9.17) is 0 Å². The molecule has 1 aliphatic rings. The molecule has 13 heteroatoms. The van der Waals surface area contributed by atoms with Gasteiger partial charge in [0.1, 0.15) is 18.6 Å². The van der Waals surface area contributed by atoms with Crippen molar-refractivity contribution < 1.29 is 18.0 Å². The molecule has 0 radical (unpaired) electrons. The number of hydrogen-bond donors (Lipinski definition) is 2. The maximum absolute atomic E-state index is 12.5. The van der Waals surface area contributed by atoms with Gasteiger partial charge >= 0.3 is 6.18 Å². The van der Waals surface area contributed by atoms with Gasteiger partial charge in [-0.05, 0) is 42.2 Å². The Morgan fingerprint density at radius 3 is 2.66 bits per heavy atom. The molecular weight excluding hydrogens is 517 g/mol. The Morgan fingerprint density at radius 2 is 1.89 bits per heavy atom. The molecule has 2 N–H and O–H groups in total. The van der Waals surface area contributed by atoms with Gasteiger partial charge in [0.2, 0.25) is 11.9 Å². The molecule has 4 aromatic rings. The van der Waals surface area contributed by atoms with Crippen LogP contribution in [0.3, 0.4) is 0 Å². The second-order valence-corrected chi connectivity index (χ2v) is 9.71. The lowest BCUT2D eigenvalue weighted by Crippen LogP contribution is -2.49. The van der Waals surface area contributed by atoms with Crippen molar-refractivity contribution in [2.45, 2.75) is 24.2 Å². The molecule has 1 amide bonds. The monoisotopic (exact) mass is 542 g/mol. The average Bonchev–Trinajstić information content (AvgIpc) is 3.30. The van der Waals surface area contributed by atoms with Crippen molar-refractivity contribution in [2.75, 3.05) is 37.8 Å². The number of H-pyrrole nitrogens is 1. The molecule has 4 heterocycles. The maximum atomic E-state index is 12.5. The van der Waals surface area contributed by atoms with E-state index in [2.05, 4.69) is 35.1 Å². The van der Waals surface area contributed by atoms with Gasteiger partial charge in [-0.25, -0.2) is 19.9 Å². The van der Waals surface area contributed by atoms with Crippen molar-refractivity contribution in [1.82, 2.24) is 34.7 Å². The molecule has 0 aliphatic carbocycles. The Hall–Kier alpha value is -3.71. The predicted octanol–water partition coefficient (Wildman–Crippen LogP) is 4.48. The third-order valence-corrected chi connectivity index (χ3v) is 6.82. The summed E-state index contributed by atoms with van der Waals surface area (Å²) in [5.41, 5.74) is 4.42. The van der Waals surface area contributed by atoms with Crippen LogP contribution in [-0.4, -0.2) is 79.2 Å². The molecule has 1 aromatic carbocycles. The summed E-state index contributed by atoms with van der Waals surface area (Å²) in [6, 6.07) is 11.6. The summed E-state index contributed by atoms with van der Waals surface area (Å²) in [6.07, 6.45) is -0.673. The summed E-state index contributed by atoms with van der Waals surface area (Å²) in [4.78, 5) is 36.1. The topological polar surface area (TPSA) is 103 Å². The Kier molecular flexibility index (Phi) is 7.47. The van der Waals surface area contributed by atoms with Crippen LogP contribution in [0.4, 0.5) is 24.9 Å². The minimum atomic E-state index is -4.48. The smallest absolute Gasteiger partial charge is 0.340 e. The summed E-state index contributed by atoms with van der Waals surface area (Å²) in [7, 11) is 0. The van der Waals surface area contributed by atoms with E-state index in [0.29, 0.717) is 31.4 Å². The number of anilines is 2. The van der Waals surface area contributed by atoms with Gasteiger partial charge in [-0.1, -0.05) is 6.07 Å². The van der Waals surface area contributed by atoms with Gasteiger partial charge in [-0.15, -0.1) is 11.8 Å². The van der Waals surface area contributed by atoms with Gasteiger partial charge in [0.25, 0.3) is 0 Å². The van der Waals surface area contributed by atoms with Gasteiger partial charge in [-0.2, -0.15) is 13.2 Å². The number of rotatable bonds is 7. The zero-order valence-electron chi connectivity index (χ0n) is 20.5. The van der Waals surface area contributed by atoms with E-state index in [0.717, 1.165) is 32.9 Å². The largest absolute Gasteiger partial charge is 0.397 e. The average molecular weight is 543 g/mol. The lowest BCUT2D eigenvalue weighted by atomic mass is 10.1. The molecule has 3 aromatic heterocycles. The molecular formula is C25H25F3N8OS. The Labute approximate surface area is 220 Å². The second kappa shape index (κ2) is 11.0. The Balaban J connectivity index is 1.21. The summed E-state index contributed by atoms with van der Waals surface area (Å²) in [5.74, 6) is 0.291. The van der Waals surface area contributed by atoms with Crippen LogP contribution in [0.2, 0.25) is 0 Å². The third kappa shape index (κ3) is 6.40. The predicted molar refractivity (Wildman–Crippen MR) is 139 cm³/mol. The van der Waals surface area contributed by atoms with Crippen LogP contribution in [0, 0.1) is 0 Å². The normalized spacial score (nSPS) is 14.7. The molecule has 0 saturated carbocycles. The zero-order valence-corrected chi connectivity index (χ0v) is 21.3. The van der Waals surface area contributed by atoms with Crippen molar-refractivity contribution in [3.05, 3.63) is 54.5 Å². The van der Waals surface area contributed by atoms with Crippen LogP contribution >= 0.6 is 11.8 Å². The third-order valence-electron chi connectivity index (χ3n) is 6.18. The van der Waals surface area contributed by atoms with E-state index in [1.54, 1.807) is 24.3 Å². The van der Waals surface area contributed by atoms with Gasteiger partial charge in [-0.3, -0.25) is 9.69 Å². The molecule has 0 atom stereocenters. The van der Waals surface area contributed by atoms with E-state index >= 15 is 0 Å². The maximum Gasteiger partial charge on any atom is 0.397 e. The number of hydrogen-bond acceptors (Lipinski definition) is 8. The van der Waals surface area contributed by atoms with E-state index in [1.165, 1.54) is 4.90 Å². The highest BCUT2D eigenvalue weighted by Gasteiger charge is 2.34. The Morgan fingerprint density at radius 1 is 1.08 bits per heavy atom. The van der Waals surface area contributed by atoms with Gasteiger partial charge in [0.15, 0.2) is 0 Å². The van der Waals surface area contributed by atoms with Crippen molar-refractivity contribution in [3.63, 3.8) is 0 Å². The van der Waals surface area contributed by atoms with E-state index < -0.39 is 18.5 Å². The fraction of sp³-hybridized carbons (Fsp3) is 0.320. The molecule has 1 fully saturated rings. The number of halogens is 3. The zero-order chi connectivity index (χ0) is 26.7. The quantitative estimate of drug-likeness (QED) is 0.260. The lowest BCUT2D eigenvalue weighted by molar-refractivity contribution is -0.162. The number of benzene rings is 1.